The molecule has 3 aromatic carbocycles. The van der Waals surface area contributed by atoms with Crippen LogP contribution in [0.2, 0.25) is 0 Å². The zero-order valence-corrected chi connectivity index (χ0v) is 15.3. The number of esters is 1. The van der Waals surface area contributed by atoms with Crippen LogP contribution in [0.25, 0.3) is 10.8 Å². The molecule has 0 aliphatic carbocycles. The first kappa shape index (κ1) is 18.5. The van der Waals surface area contributed by atoms with Crippen LogP contribution in [0.3, 0.4) is 0 Å². The fraction of sp³-hybridized carbons (Fsp3) is 0.182. The quantitative estimate of drug-likeness (QED) is 0.678. The summed E-state index contributed by atoms with van der Waals surface area (Å²) in [7, 11) is 1.50. The van der Waals surface area contributed by atoms with E-state index in [4.69, 9.17) is 9.47 Å². The molecule has 0 heterocycles. The monoisotopic (exact) mass is 363 g/mol. The first-order chi connectivity index (χ1) is 13.1. The Hall–Kier alpha value is -3.34. The highest BCUT2D eigenvalue weighted by Gasteiger charge is 2.21. The van der Waals surface area contributed by atoms with Crippen LogP contribution in [0, 0.1) is 0 Å². The third-order valence-electron chi connectivity index (χ3n) is 4.25. The van der Waals surface area contributed by atoms with Gasteiger partial charge >= 0.3 is 5.97 Å². The molecule has 0 aliphatic heterocycles. The lowest BCUT2D eigenvalue weighted by Gasteiger charge is -2.15. The van der Waals surface area contributed by atoms with Gasteiger partial charge in [-0.3, -0.25) is 4.79 Å². The van der Waals surface area contributed by atoms with E-state index in [1.165, 1.54) is 7.11 Å². The molecule has 5 heteroatoms. The number of hydrogen-bond donors (Lipinski definition) is 1. The molecule has 0 radical (unpaired) electrons. The lowest BCUT2D eigenvalue weighted by molar-refractivity contribution is -0.129. The first-order valence-electron chi connectivity index (χ1n) is 8.68. The van der Waals surface area contributed by atoms with E-state index >= 15 is 0 Å². The summed E-state index contributed by atoms with van der Waals surface area (Å²) < 4.78 is 10.7. The number of ether oxygens (including phenoxy) is 2. The molecular weight excluding hydrogens is 342 g/mol. The smallest absolute Gasteiger partial charge is 0.342 e. The first-order valence-corrected chi connectivity index (χ1v) is 8.68. The molecule has 0 spiro atoms. The van der Waals surface area contributed by atoms with Gasteiger partial charge in [0.05, 0.1) is 7.11 Å². The average Bonchev–Trinajstić information content (AvgIpc) is 2.71. The second kappa shape index (κ2) is 8.36. The number of rotatable bonds is 6. The second-order valence-electron chi connectivity index (χ2n) is 6.15. The van der Waals surface area contributed by atoms with Crippen LogP contribution in [0.1, 0.15) is 22.8 Å². The third-order valence-corrected chi connectivity index (χ3v) is 4.25. The van der Waals surface area contributed by atoms with Crippen molar-refractivity contribution in [2.45, 2.75) is 19.6 Å². The van der Waals surface area contributed by atoms with Crippen molar-refractivity contribution >= 4 is 22.6 Å². The van der Waals surface area contributed by atoms with Gasteiger partial charge in [0, 0.05) is 6.54 Å². The number of methoxy groups -OCH3 is 1. The highest BCUT2D eigenvalue weighted by Crippen LogP contribution is 2.26. The van der Waals surface area contributed by atoms with Crippen molar-refractivity contribution in [1.82, 2.24) is 5.32 Å². The Labute approximate surface area is 157 Å². The summed E-state index contributed by atoms with van der Waals surface area (Å²) in [6, 6.07) is 20.7. The molecule has 1 amide bonds. The van der Waals surface area contributed by atoms with E-state index in [2.05, 4.69) is 5.32 Å². The van der Waals surface area contributed by atoms with Crippen LogP contribution >= 0.6 is 0 Å². The summed E-state index contributed by atoms with van der Waals surface area (Å²) >= 11 is 0. The SMILES string of the molecule is COc1cc2ccccc2cc1C(=O)O[C@@H](C)C(=O)NCc1ccccc1. The standard InChI is InChI=1S/C22H21NO4/c1-15(21(24)23-14-16-8-4-3-5-9-16)27-22(25)19-12-17-10-6-7-11-18(17)13-20(19)26-2/h3-13,15H,14H2,1-2H3,(H,23,24)/t15-/m0/s1. The molecule has 0 aliphatic rings. The number of fused-ring (bicyclic) bond motifs is 1. The molecule has 0 saturated carbocycles. The predicted molar refractivity (Wildman–Crippen MR) is 104 cm³/mol. The Kier molecular flexibility index (Phi) is 5.71. The molecule has 1 N–H and O–H groups in total. The number of carbonyl (C=O) groups is 2. The van der Waals surface area contributed by atoms with E-state index in [0.717, 1.165) is 16.3 Å². The van der Waals surface area contributed by atoms with Gasteiger partial charge in [0.15, 0.2) is 6.10 Å². The third kappa shape index (κ3) is 4.44. The van der Waals surface area contributed by atoms with Crippen molar-refractivity contribution < 1.29 is 19.1 Å². The highest BCUT2D eigenvalue weighted by atomic mass is 16.5. The molecule has 0 bridgehead atoms. The van der Waals surface area contributed by atoms with E-state index in [1.807, 2.05) is 54.6 Å². The van der Waals surface area contributed by atoms with Gasteiger partial charge in [-0.05, 0) is 35.4 Å². The van der Waals surface area contributed by atoms with Crippen LogP contribution in [0.5, 0.6) is 5.75 Å². The van der Waals surface area contributed by atoms with Crippen LogP contribution in [-0.2, 0) is 16.1 Å². The summed E-state index contributed by atoms with van der Waals surface area (Å²) in [6.45, 7) is 1.92. The molecule has 5 nitrogen and oxygen atoms in total. The Morgan fingerprint density at radius 3 is 2.26 bits per heavy atom. The van der Waals surface area contributed by atoms with E-state index in [-0.39, 0.29) is 5.91 Å². The van der Waals surface area contributed by atoms with Gasteiger partial charge < -0.3 is 14.8 Å². The molecule has 0 aromatic heterocycles. The van der Waals surface area contributed by atoms with Crippen LogP contribution < -0.4 is 10.1 Å². The van der Waals surface area contributed by atoms with Gasteiger partial charge in [-0.25, -0.2) is 4.79 Å². The van der Waals surface area contributed by atoms with Gasteiger partial charge in [-0.15, -0.1) is 0 Å². The molecule has 138 valence electrons. The van der Waals surface area contributed by atoms with Crippen molar-refractivity contribution in [1.29, 1.82) is 0 Å². The number of nitrogens with one attached hydrogen (secondary N) is 1. The molecule has 3 aromatic rings. The van der Waals surface area contributed by atoms with Crippen LogP contribution in [-0.4, -0.2) is 25.1 Å². The fourth-order valence-electron chi connectivity index (χ4n) is 2.75. The Morgan fingerprint density at radius 1 is 0.963 bits per heavy atom. The van der Waals surface area contributed by atoms with E-state index in [9.17, 15) is 9.59 Å². The highest BCUT2D eigenvalue weighted by molar-refractivity contribution is 5.99. The van der Waals surface area contributed by atoms with E-state index < -0.39 is 12.1 Å². The summed E-state index contributed by atoms with van der Waals surface area (Å²) in [4.78, 5) is 24.8. The molecule has 27 heavy (non-hydrogen) atoms. The van der Waals surface area contributed by atoms with Gasteiger partial charge in [-0.1, -0.05) is 54.6 Å². The van der Waals surface area contributed by atoms with Gasteiger partial charge in [0.1, 0.15) is 11.3 Å². The minimum Gasteiger partial charge on any atom is -0.496 e. The normalized spacial score (nSPS) is 11.6. The molecule has 1 atom stereocenters. The number of benzene rings is 3. The lowest BCUT2D eigenvalue weighted by atomic mass is 10.1. The molecule has 0 fully saturated rings. The summed E-state index contributed by atoms with van der Waals surface area (Å²) in [5.41, 5.74) is 1.26. The molecule has 0 saturated heterocycles. The summed E-state index contributed by atoms with van der Waals surface area (Å²) in [5.74, 6) is -0.539. The van der Waals surface area contributed by atoms with E-state index in [1.54, 1.807) is 19.1 Å². The summed E-state index contributed by atoms with van der Waals surface area (Å²) in [5, 5.41) is 4.62. The predicted octanol–water partition coefficient (Wildman–Crippen LogP) is 3.71. The zero-order valence-electron chi connectivity index (χ0n) is 15.3. The average molecular weight is 363 g/mol. The minimum atomic E-state index is -0.919. The maximum absolute atomic E-state index is 12.6. The van der Waals surface area contributed by atoms with Gasteiger partial charge in [0.2, 0.25) is 0 Å². The maximum atomic E-state index is 12.6. The van der Waals surface area contributed by atoms with Gasteiger partial charge in [-0.2, -0.15) is 0 Å². The van der Waals surface area contributed by atoms with Crippen LogP contribution in [0.15, 0.2) is 66.7 Å². The van der Waals surface area contributed by atoms with Crippen LogP contribution in [0.4, 0.5) is 0 Å². The second-order valence-corrected chi connectivity index (χ2v) is 6.15. The fourth-order valence-corrected chi connectivity index (χ4v) is 2.75. The topological polar surface area (TPSA) is 64.6 Å². The molecular formula is C22H21NO4. The summed E-state index contributed by atoms with van der Waals surface area (Å²) in [6.07, 6.45) is -0.919. The van der Waals surface area contributed by atoms with Crippen molar-refractivity contribution in [2.24, 2.45) is 0 Å². The Balaban J connectivity index is 1.68. The Bertz CT molecular complexity index is 953. The van der Waals surface area contributed by atoms with Gasteiger partial charge in [0.25, 0.3) is 5.91 Å². The maximum Gasteiger partial charge on any atom is 0.342 e. The van der Waals surface area contributed by atoms with E-state index in [0.29, 0.717) is 17.9 Å². The largest absolute Gasteiger partial charge is 0.496 e. The number of amides is 1. The Morgan fingerprint density at radius 2 is 1.59 bits per heavy atom. The zero-order chi connectivity index (χ0) is 19.2. The van der Waals surface area contributed by atoms with Crippen molar-refractivity contribution in [3.63, 3.8) is 0 Å². The molecule has 3 rings (SSSR count). The van der Waals surface area contributed by atoms with Crippen molar-refractivity contribution in [2.75, 3.05) is 7.11 Å². The number of carbonyl (C=O) groups excluding carboxylic acids is 2. The molecule has 0 unspecified atom stereocenters. The minimum absolute atomic E-state index is 0.291. The van der Waals surface area contributed by atoms with Crippen molar-refractivity contribution in [3.8, 4) is 5.75 Å². The van der Waals surface area contributed by atoms with Crippen molar-refractivity contribution in [3.05, 3.63) is 77.9 Å². The number of hydrogen-bond acceptors (Lipinski definition) is 4. The lowest BCUT2D eigenvalue weighted by Crippen LogP contribution is -2.35.